The third kappa shape index (κ3) is 2.86. The molecule has 0 saturated carbocycles. The minimum absolute atomic E-state index is 0.0551. The van der Waals surface area contributed by atoms with E-state index in [1.54, 1.807) is 11.1 Å². The van der Waals surface area contributed by atoms with E-state index >= 15 is 0 Å². The van der Waals surface area contributed by atoms with E-state index in [1.807, 2.05) is 26.8 Å². The van der Waals surface area contributed by atoms with Crippen LogP contribution in [0.3, 0.4) is 0 Å². The molecule has 1 spiro atoms. The fourth-order valence-corrected chi connectivity index (χ4v) is 3.26. The van der Waals surface area contributed by atoms with Gasteiger partial charge in [0, 0.05) is 24.1 Å². The number of hydrogen-bond acceptors (Lipinski definition) is 4. The third-order valence-electron chi connectivity index (χ3n) is 4.28. The van der Waals surface area contributed by atoms with Crippen molar-refractivity contribution in [3.8, 4) is 5.75 Å². The van der Waals surface area contributed by atoms with Crippen molar-refractivity contribution in [2.45, 2.75) is 44.6 Å². The average molecular weight is 325 g/mol. The summed E-state index contributed by atoms with van der Waals surface area (Å²) in [7, 11) is 0. The maximum absolute atomic E-state index is 12.2. The molecule has 2 aliphatic rings. The largest absolute Gasteiger partial charge is 0.491 e. The van der Waals surface area contributed by atoms with Gasteiger partial charge in [0.1, 0.15) is 16.5 Å². The Morgan fingerprint density at radius 2 is 2.09 bits per heavy atom. The highest BCUT2D eigenvalue weighted by atomic mass is 35.5. The van der Waals surface area contributed by atoms with Crippen molar-refractivity contribution < 1.29 is 14.3 Å². The van der Waals surface area contributed by atoms with Crippen molar-refractivity contribution in [2.24, 2.45) is 0 Å². The molecule has 2 aliphatic heterocycles. The Morgan fingerprint density at radius 1 is 1.41 bits per heavy atom. The molecule has 0 N–H and O–H groups in total. The van der Waals surface area contributed by atoms with Gasteiger partial charge in [0.05, 0.1) is 12.8 Å². The minimum atomic E-state index is -0.464. The number of carbonyl (C=O) groups is 1. The van der Waals surface area contributed by atoms with Crippen molar-refractivity contribution in [3.05, 3.63) is 23.0 Å². The first-order chi connectivity index (χ1) is 10.3. The highest BCUT2D eigenvalue weighted by Gasteiger charge is 2.44. The predicted octanol–water partition coefficient (Wildman–Crippen LogP) is 3.40. The molecule has 22 heavy (non-hydrogen) atoms. The second-order valence-electron chi connectivity index (χ2n) is 7.04. The lowest BCUT2D eigenvalue weighted by atomic mass is 9.75. The lowest BCUT2D eigenvalue weighted by molar-refractivity contribution is 0.0152. The zero-order valence-electron chi connectivity index (χ0n) is 13.2. The molecule has 0 radical (unpaired) electrons. The van der Waals surface area contributed by atoms with Crippen LogP contribution in [0.2, 0.25) is 5.15 Å². The lowest BCUT2D eigenvalue weighted by Gasteiger charge is -2.38. The number of piperidine rings is 1. The van der Waals surface area contributed by atoms with Crippen LogP contribution in [0, 0.1) is 0 Å². The monoisotopic (exact) mass is 324 g/mol. The van der Waals surface area contributed by atoms with Gasteiger partial charge >= 0.3 is 6.09 Å². The molecule has 1 fully saturated rings. The molecule has 3 heterocycles. The van der Waals surface area contributed by atoms with Crippen LogP contribution in [0.1, 0.15) is 39.2 Å². The predicted molar refractivity (Wildman–Crippen MR) is 83.5 cm³/mol. The Hall–Kier alpha value is -1.49. The van der Waals surface area contributed by atoms with Crippen LogP contribution in [-0.2, 0) is 10.2 Å². The summed E-state index contributed by atoms with van der Waals surface area (Å²) in [6.45, 7) is 7.60. The van der Waals surface area contributed by atoms with Gasteiger partial charge in [-0.25, -0.2) is 9.78 Å². The second-order valence-corrected chi connectivity index (χ2v) is 7.43. The number of halogens is 1. The van der Waals surface area contributed by atoms with E-state index in [0.717, 1.165) is 24.2 Å². The number of fused-ring (bicyclic) bond motifs is 2. The van der Waals surface area contributed by atoms with Gasteiger partial charge in [0.15, 0.2) is 0 Å². The smallest absolute Gasteiger partial charge is 0.410 e. The normalized spacial score (nSPS) is 19.7. The van der Waals surface area contributed by atoms with Crippen LogP contribution < -0.4 is 4.74 Å². The van der Waals surface area contributed by atoms with Crippen LogP contribution in [0.4, 0.5) is 4.79 Å². The maximum atomic E-state index is 12.2. The summed E-state index contributed by atoms with van der Waals surface area (Å²) >= 11 is 6.03. The summed E-state index contributed by atoms with van der Waals surface area (Å²) in [4.78, 5) is 18.0. The molecule has 0 atom stereocenters. The number of carbonyl (C=O) groups excluding carboxylic acids is 1. The van der Waals surface area contributed by atoms with Crippen LogP contribution in [-0.4, -0.2) is 41.3 Å². The fraction of sp³-hybridized carbons (Fsp3) is 0.625. The molecular formula is C16H21ClN2O3. The Labute approximate surface area is 135 Å². The Bertz CT molecular complexity index is 590. The minimum Gasteiger partial charge on any atom is -0.491 e. The summed E-state index contributed by atoms with van der Waals surface area (Å²) < 4.78 is 11.2. The Kier molecular flexibility index (Phi) is 3.71. The summed E-state index contributed by atoms with van der Waals surface area (Å²) in [6.07, 6.45) is 3.14. The van der Waals surface area contributed by atoms with Crippen molar-refractivity contribution in [3.63, 3.8) is 0 Å². The average Bonchev–Trinajstić information content (AvgIpc) is 2.76. The summed E-state index contributed by atoms with van der Waals surface area (Å²) in [5, 5.41) is 0.484. The van der Waals surface area contributed by atoms with Gasteiger partial charge in [0.2, 0.25) is 0 Å². The van der Waals surface area contributed by atoms with Crippen molar-refractivity contribution in [1.29, 1.82) is 0 Å². The highest BCUT2D eigenvalue weighted by Crippen LogP contribution is 2.45. The number of hydrogen-bond donors (Lipinski definition) is 0. The Morgan fingerprint density at radius 3 is 2.73 bits per heavy atom. The van der Waals surface area contributed by atoms with E-state index < -0.39 is 5.60 Å². The van der Waals surface area contributed by atoms with Gasteiger partial charge in [-0.3, -0.25) is 0 Å². The lowest BCUT2D eigenvalue weighted by Crippen LogP contribution is -2.47. The highest BCUT2D eigenvalue weighted by molar-refractivity contribution is 6.29. The first-order valence-corrected chi connectivity index (χ1v) is 7.94. The summed E-state index contributed by atoms with van der Waals surface area (Å²) in [6, 6.07) is 1.90. The number of ether oxygens (including phenoxy) is 2. The number of rotatable bonds is 0. The quantitative estimate of drug-likeness (QED) is 0.686. The fourth-order valence-electron chi connectivity index (χ4n) is 3.10. The zero-order valence-corrected chi connectivity index (χ0v) is 13.9. The SMILES string of the molecule is CC(C)(C)OC(=O)N1CCC2(CC1)COc1cnc(Cl)cc12. The molecule has 0 unspecified atom stereocenters. The number of nitrogens with zero attached hydrogens (tertiary/aromatic N) is 2. The number of amides is 1. The van der Waals surface area contributed by atoms with Crippen molar-refractivity contribution >= 4 is 17.7 Å². The van der Waals surface area contributed by atoms with E-state index in [9.17, 15) is 4.79 Å². The van der Waals surface area contributed by atoms with Crippen LogP contribution >= 0.6 is 11.6 Å². The molecule has 5 nitrogen and oxygen atoms in total. The first-order valence-electron chi connectivity index (χ1n) is 7.56. The molecule has 3 rings (SSSR count). The first kappa shape index (κ1) is 15.4. The van der Waals surface area contributed by atoms with Gasteiger partial charge in [-0.15, -0.1) is 0 Å². The van der Waals surface area contributed by atoms with E-state index in [2.05, 4.69) is 4.98 Å². The molecule has 0 aliphatic carbocycles. The van der Waals surface area contributed by atoms with Gasteiger partial charge in [-0.05, 0) is 39.7 Å². The molecule has 1 saturated heterocycles. The maximum Gasteiger partial charge on any atom is 0.410 e. The number of pyridine rings is 1. The third-order valence-corrected chi connectivity index (χ3v) is 4.49. The summed E-state index contributed by atoms with van der Waals surface area (Å²) in [5.74, 6) is 0.815. The van der Waals surface area contributed by atoms with E-state index in [-0.39, 0.29) is 11.5 Å². The van der Waals surface area contributed by atoms with Crippen LogP contribution in [0.15, 0.2) is 12.3 Å². The zero-order chi connectivity index (χ0) is 16.0. The molecule has 0 bridgehead atoms. The van der Waals surface area contributed by atoms with E-state index in [4.69, 9.17) is 21.1 Å². The second kappa shape index (κ2) is 5.30. The van der Waals surface area contributed by atoms with Gasteiger partial charge in [-0.2, -0.15) is 0 Å². The van der Waals surface area contributed by atoms with Crippen molar-refractivity contribution in [2.75, 3.05) is 19.7 Å². The van der Waals surface area contributed by atoms with Gasteiger partial charge < -0.3 is 14.4 Å². The van der Waals surface area contributed by atoms with Gasteiger partial charge in [0.25, 0.3) is 0 Å². The van der Waals surface area contributed by atoms with E-state index in [1.165, 1.54) is 0 Å². The molecule has 1 amide bonds. The molecule has 0 aromatic carbocycles. The van der Waals surface area contributed by atoms with Crippen molar-refractivity contribution in [1.82, 2.24) is 9.88 Å². The molecule has 1 aromatic heterocycles. The van der Waals surface area contributed by atoms with Crippen LogP contribution in [0.25, 0.3) is 0 Å². The molecule has 1 aromatic rings. The number of aromatic nitrogens is 1. The molecule has 6 heteroatoms. The van der Waals surface area contributed by atoms with E-state index in [0.29, 0.717) is 24.8 Å². The number of likely N-dealkylation sites (tertiary alicyclic amines) is 1. The molecule has 120 valence electrons. The van der Waals surface area contributed by atoms with Crippen LogP contribution in [0.5, 0.6) is 5.75 Å². The Balaban J connectivity index is 1.71. The molecular weight excluding hydrogens is 304 g/mol. The standard InChI is InChI=1S/C16H21ClN2O3/c1-15(2,3)22-14(20)19-6-4-16(5-7-19)10-21-12-9-18-13(17)8-11(12)16/h8-9H,4-7,10H2,1-3H3. The van der Waals surface area contributed by atoms with Gasteiger partial charge in [-0.1, -0.05) is 11.6 Å². The topological polar surface area (TPSA) is 51.7 Å². The summed E-state index contributed by atoms with van der Waals surface area (Å²) in [5.41, 5.74) is 0.603.